The molecule has 0 aliphatic carbocycles. The average molecular weight is 660 g/mol. The second-order valence-electron chi connectivity index (χ2n) is 7.51. The zero-order valence-corrected chi connectivity index (χ0v) is 19.6. The Hall–Kier alpha value is -3.25. The van der Waals surface area contributed by atoms with E-state index in [4.69, 9.17) is 0 Å². The first-order valence-corrected chi connectivity index (χ1v) is 9.82. The van der Waals surface area contributed by atoms with Gasteiger partial charge in [0.1, 0.15) is 0 Å². The number of carbonyl (C=O) groups is 4. The van der Waals surface area contributed by atoms with Crippen molar-refractivity contribution in [1.29, 1.82) is 0 Å². The molecule has 1 saturated heterocycles. The highest BCUT2D eigenvalue weighted by Gasteiger charge is 2.70. The van der Waals surface area contributed by atoms with Gasteiger partial charge in [0.15, 0.2) is 30.7 Å². The molecule has 5 atom stereocenters. The molecule has 0 N–H and O–H groups in total. The van der Waals surface area contributed by atoms with E-state index in [2.05, 4.69) is 28.4 Å². The smallest absolute Gasteiger partial charge is 0.465 e. The molecule has 0 radical (unpaired) electrons. The van der Waals surface area contributed by atoms with Crippen LogP contribution in [0.5, 0.6) is 0 Å². The molecule has 1 aliphatic heterocycles. The highest BCUT2D eigenvalue weighted by Crippen LogP contribution is 2.42. The molecule has 1 rings (SSSR count). The number of hydrogen-bond donors (Lipinski definition) is 0. The summed E-state index contributed by atoms with van der Waals surface area (Å²) in [7, 11) is 0.639. The molecule has 0 aromatic carbocycles. The minimum Gasteiger partial charge on any atom is -0.467 e. The first-order chi connectivity index (χ1) is 18.6. The van der Waals surface area contributed by atoms with E-state index in [-0.39, 0.29) is 0 Å². The van der Waals surface area contributed by atoms with E-state index in [1.165, 1.54) is 0 Å². The molecule has 5 unspecified atom stereocenters. The lowest BCUT2D eigenvalue weighted by Gasteiger charge is -2.43. The Labute approximate surface area is 219 Å². The van der Waals surface area contributed by atoms with Crippen molar-refractivity contribution in [3.05, 3.63) is 0 Å². The molecule has 1 fully saturated rings. The summed E-state index contributed by atoms with van der Waals surface area (Å²) < 4.78 is 218. The number of hydrogen-bond acceptors (Lipinski definition) is 10. The summed E-state index contributed by atoms with van der Waals surface area (Å²) in [4.78, 5) is 46.9. The lowest BCUT2D eigenvalue weighted by atomic mass is 9.97. The third-order valence-electron chi connectivity index (χ3n) is 4.73. The maximum absolute atomic E-state index is 13.5. The largest absolute Gasteiger partial charge is 0.467 e. The van der Waals surface area contributed by atoms with Crippen LogP contribution in [-0.2, 0) is 47.6 Å². The van der Waals surface area contributed by atoms with Gasteiger partial charge in [-0.15, -0.1) is 0 Å². The van der Waals surface area contributed by atoms with Gasteiger partial charge < -0.3 is 28.4 Å². The Bertz CT molecular complexity index is 1040. The quantitative estimate of drug-likeness (QED) is 0.218. The Morgan fingerprint density at radius 1 is 0.524 bits per heavy atom. The number of ether oxygens (including phenoxy) is 6. The van der Waals surface area contributed by atoms with Gasteiger partial charge in [0.2, 0.25) is 0 Å². The number of rotatable bonds is 8. The number of carbonyl (C=O) groups excluding carboxylic acids is 4. The van der Waals surface area contributed by atoms with Gasteiger partial charge in [-0.2, -0.15) is 65.9 Å². The van der Waals surface area contributed by atoms with Crippen LogP contribution >= 0.6 is 0 Å². The Morgan fingerprint density at radius 2 is 0.833 bits per heavy atom. The molecule has 10 nitrogen and oxygen atoms in total. The summed E-state index contributed by atoms with van der Waals surface area (Å²) in [5.41, 5.74) is 0. The van der Waals surface area contributed by atoms with Crippen LogP contribution in [0.3, 0.4) is 0 Å². The van der Waals surface area contributed by atoms with Crippen LogP contribution in [-0.4, -0.2) is 105 Å². The molecule has 1 aliphatic rings. The van der Waals surface area contributed by atoms with E-state index in [1.54, 1.807) is 0 Å². The van der Waals surface area contributed by atoms with Crippen molar-refractivity contribution in [2.75, 3.05) is 14.2 Å². The SMILES string of the molecule is COC(=O)C1OC(OC)C(OC(=O)C(F)(F)C(F)(F)F)C(OC(=O)C(F)(F)C(F)(F)F)C1OC(=O)C(F)(F)C(F)(F)F. The lowest BCUT2D eigenvalue weighted by Crippen LogP contribution is -2.66. The number of methoxy groups -OCH3 is 2. The predicted octanol–water partition coefficient (Wildman–Crippen LogP) is 2.86. The predicted molar refractivity (Wildman–Crippen MR) is 90.3 cm³/mol. The molecule has 0 amide bonds. The molecular weight excluding hydrogens is 649 g/mol. The maximum atomic E-state index is 13.5. The van der Waals surface area contributed by atoms with E-state index in [1.807, 2.05) is 0 Å². The first-order valence-electron chi connectivity index (χ1n) is 9.82. The Balaban J connectivity index is 3.87. The van der Waals surface area contributed by atoms with Crippen molar-refractivity contribution in [2.45, 2.75) is 67.0 Å². The van der Waals surface area contributed by atoms with Crippen molar-refractivity contribution in [3.63, 3.8) is 0 Å². The fourth-order valence-corrected chi connectivity index (χ4v) is 2.63. The highest BCUT2D eigenvalue weighted by atomic mass is 19.4. The lowest BCUT2D eigenvalue weighted by molar-refractivity contribution is -0.327. The summed E-state index contributed by atoms with van der Waals surface area (Å²) in [5.74, 6) is -33.6. The van der Waals surface area contributed by atoms with Crippen molar-refractivity contribution >= 4 is 23.9 Å². The molecule has 42 heavy (non-hydrogen) atoms. The topological polar surface area (TPSA) is 124 Å². The van der Waals surface area contributed by atoms with E-state index < -0.39 is 90.9 Å². The maximum Gasteiger partial charge on any atom is 0.465 e. The van der Waals surface area contributed by atoms with Crippen LogP contribution in [0.4, 0.5) is 65.9 Å². The summed E-state index contributed by atoms with van der Waals surface area (Å²) >= 11 is 0. The molecule has 0 bridgehead atoms. The van der Waals surface area contributed by atoms with E-state index >= 15 is 0 Å². The molecule has 25 heteroatoms. The zero-order chi connectivity index (χ0) is 33.4. The van der Waals surface area contributed by atoms with Gasteiger partial charge >= 0.3 is 60.2 Å². The van der Waals surface area contributed by atoms with E-state index in [0.717, 1.165) is 0 Å². The van der Waals surface area contributed by atoms with Gasteiger partial charge in [-0.1, -0.05) is 0 Å². The second-order valence-corrected chi connectivity index (χ2v) is 7.51. The van der Waals surface area contributed by atoms with Gasteiger partial charge in [-0.05, 0) is 0 Å². The molecule has 0 aromatic rings. The molecular formula is C17H11F15O10. The zero-order valence-electron chi connectivity index (χ0n) is 19.6. The van der Waals surface area contributed by atoms with Crippen LogP contribution in [0.2, 0.25) is 0 Å². The van der Waals surface area contributed by atoms with Crippen molar-refractivity contribution in [1.82, 2.24) is 0 Å². The summed E-state index contributed by atoms with van der Waals surface area (Å²) in [5, 5.41) is 0. The fourth-order valence-electron chi connectivity index (χ4n) is 2.63. The normalized spacial score (nSPS) is 24.5. The molecule has 0 spiro atoms. The Morgan fingerprint density at radius 3 is 1.12 bits per heavy atom. The van der Waals surface area contributed by atoms with Gasteiger partial charge in [0.25, 0.3) is 0 Å². The summed E-state index contributed by atoms with van der Waals surface area (Å²) in [6.45, 7) is 0. The summed E-state index contributed by atoms with van der Waals surface area (Å²) in [6.07, 6.45) is -38.0. The number of alkyl halides is 15. The minimum absolute atomic E-state index is 0.301. The molecule has 0 saturated carbocycles. The van der Waals surface area contributed by atoms with Crippen molar-refractivity contribution in [3.8, 4) is 0 Å². The van der Waals surface area contributed by atoms with Crippen molar-refractivity contribution < 1.29 is 113 Å². The monoisotopic (exact) mass is 660 g/mol. The Kier molecular flexibility index (Phi) is 10.3. The third-order valence-corrected chi connectivity index (χ3v) is 4.73. The molecule has 0 aromatic heterocycles. The first kappa shape index (κ1) is 36.8. The second kappa shape index (κ2) is 11.8. The van der Waals surface area contributed by atoms with Gasteiger partial charge in [-0.3, -0.25) is 0 Å². The fraction of sp³-hybridized carbons (Fsp3) is 0.765. The van der Waals surface area contributed by atoms with Crippen LogP contribution in [0, 0.1) is 0 Å². The van der Waals surface area contributed by atoms with Crippen LogP contribution < -0.4 is 0 Å². The third kappa shape index (κ3) is 7.03. The van der Waals surface area contributed by atoms with Crippen LogP contribution in [0.1, 0.15) is 0 Å². The van der Waals surface area contributed by atoms with E-state index in [0.29, 0.717) is 14.2 Å². The van der Waals surface area contributed by atoms with Crippen LogP contribution in [0.25, 0.3) is 0 Å². The molecule has 1 heterocycles. The standard InChI is InChI=1S/C17H11F15O10/c1-37-7(33)5-3(40-9(34)12(18,19)15(24,25)26)4(41-10(35)13(20,21)16(27,28)29)6(8(38-2)39-5)42-11(36)14(22,23)17(30,31)32/h3-6,8H,1-2H3. The van der Waals surface area contributed by atoms with Crippen molar-refractivity contribution in [2.24, 2.45) is 0 Å². The van der Waals surface area contributed by atoms with Gasteiger partial charge in [-0.25, -0.2) is 19.2 Å². The van der Waals surface area contributed by atoms with Crippen LogP contribution in [0.15, 0.2) is 0 Å². The number of halogens is 15. The summed E-state index contributed by atoms with van der Waals surface area (Å²) in [6, 6.07) is 0. The average Bonchev–Trinajstić information content (AvgIpc) is 2.82. The highest BCUT2D eigenvalue weighted by molar-refractivity contribution is 5.82. The minimum atomic E-state index is -6.91. The van der Waals surface area contributed by atoms with Gasteiger partial charge in [0, 0.05) is 7.11 Å². The van der Waals surface area contributed by atoms with Gasteiger partial charge in [0.05, 0.1) is 7.11 Å². The molecule has 244 valence electrons. The van der Waals surface area contributed by atoms with E-state index in [9.17, 15) is 85.0 Å². The number of esters is 4.